The van der Waals surface area contributed by atoms with Gasteiger partial charge in [0.2, 0.25) is 0 Å². The molecule has 0 spiro atoms. The fourth-order valence-corrected chi connectivity index (χ4v) is 8.88. The second kappa shape index (κ2) is 12.9. The van der Waals surface area contributed by atoms with Crippen molar-refractivity contribution in [1.82, 2.24) is 15.0 Å². The van der Waals surface area contributed by atoms with Crippen LogP contribution in [0.15, 0.2) is 127 Å². The maximum Gasteiger partial charge on any atom is 0.164 e. The molecule has 0 saturated heterocycles. The van der Waals surface area contributed by atoms with E-state index in [9.17, 15) is 5.26 Å². The van der Waals surface area contributed by atoms with Crippen LogP contribution < -0.4 is 0 Å². The van der Waals surface area contributed by atoms with E-state index < -0.39 is 0 Å². The van der Waals surface area contributed by atoms with Crippen LogP contribution in [-0.2, 0) is 5.41 Å². The molecule has 1 aromatic heterocycles. The summed E-state index contributed by atoms with van der Waals surface area (Å²) in [6, 6.07) is 46.2. The zero-order chi connectivity index (χ0) is 33.4. The highest BCUT2D eigenvalue weighted by molar-refractivity contribution is 5.77. The lowest BCUT2D eigenvalue weighted by Gasteiger charge is -2.50. The van der Waals surface area contributed by atoms with Gasteiger partial charge in [0.25, 0.3) is 0 Å². The molecule has 0 amide bonds. The van der Waals surface area contributed by atoms with Gasteiger partial charge in [0.1, 0.15) is 0 Å². The third kappa shape index (κ3) is 6.18. The van der Waals surface area contributed by atoms with Gasteiger partial charge >= 0.3 is 0 Å². The first kappa shape index (κ1) is 30.9. The largest absolute Gasteiger partial charge is 0.208 e. The monoisotopic (exact) mass is 636 g/mol. The molecule has 8 rings (SSSR count). The Balaban J connectivity index is 1.08. The van der Waals surface area contributed by atoms with Crippen LogP contribution >= 0.6 is 0 Å². The predicted molar refractivity (Wildman–Crippen MR) is 198 cm³/mol. The Labute approximate surface area is 289 Å². The van der Waals surface area contributed by atoms with E-state index in [1.54, 1.807) is 0 Å². The van der Waals surface area contributed by atoms with Crippen molar-refractivity contribution in [1.29, 1.82) is 5.26 Å². The summed E-state index contributed by atoms with van der Waals surface area (Å²) >= 11 is 0. The van der Waals surface area contributed by atoms with Crippen LogP contribution in [0.1, 0.15) is 57.1 Å². The first-order valence-corrected chi connectivity index (χ1v) is 17.6. The van der Waals surface area contributed by atoms with Crippen LogP contribution in [0, 0.1) is 29.1 Å². The topological polar surface area (TPSA) is 62.5 Å². The van der Waals surface area contributed by atoms with Gasteiger partial charge in [-0.25, -0.2) is 15.0 Å². The lowest BCUT2D eigenvalue weighted by molar-refractivity contribution is 0.0780. The number of nitriles is 1. The molecule has 4 atom stereocenters. The third-order valence-electron chi connectivity index (χ3n) is 10.8. The Morgan fingerprint density at radius 2 is 1.00 bits per heavy atom. The van der Waals surface area contributed by atoms with Crippen molar-refractivity contribution < 1.29 is 0 Å². The van der Waals surface area contributed by atoms with Gasteiger partial charge in [-0.05, 0) is 89.2 Å². The van der Waals surface area contributed by atoms with Crippen molar-refractivity contribution in [2.45, 2.75) is 51.4 Å². The number of fused-ring (bicyclic) bond motifs is 2. The first-order valence-electron chi connectivity index (χ1n) is 17.6. The lowest BCUT2D eigenvalue weighted by atomic mass is 9.54. The molecule has 4 heteroatoms. The van der Waals surface area contributed by atoms with Gasteiger partial charge in [-0.2, -0.15) is 5.26 Å². The molecule has 2 bridgehead atoms. The number of benzene rings is 5. The molecule has 1 unspecified atom stereocenters. The molecule has 0 aliphatic heterocycles. The Hall–Kier alpha value is -5.40. The van der Waals surface area contributed by atoms with E-state index in [0.29, 0.717) is 28.5 Å². The summed E-state index contributed by atoms with van der Waals surface area (Å²) in [7, 11) is 0. The summed E-state index contributed by atoms with van der Waals surface area (Å²) in [5.41, 5.74) is 9.36. The van der Waals surface area contributed by atoms with Crippen molar-refractivity contribution in [2.75, 3.05) is 0 Å². The molecule has 2 saturated carbocycles. The second-order valence-electron chi connectivity index (χ2n) is 14.5. The first-order chi connectivity index (χ1) is 24.0. The van der Waals surface area contributed by atoms with Crippen molar-refractivity contribution in [3.8, 4) is 62.5 Å². The fraction of sp³-hybridized carbons (Fsp3) is 0.244. The SMILES string of the molecule is C[C@@H]1C[C@@H]2C[C@H](C)CC(c3ccc(-c4ccc(-c5ccc(-c6nc(-c7ccccc7)nc(-c7ccccc7)n6)cc5C#N)cc4)cc3)(C1)C2. The lowest BCUT2D eigenvalue weighted by Crippen LogP contribution is -2.42. The van der Waals surface area contributed by atoms with E-state index in [2.05, 4.69) is 68.4 Å². The van der Waals surface area contributed by atoms with E-state index in [1.165, 1.54) is 48.8 Å². The fourth-order valence-electron chi connectivity index (χ4n) is 8.88. The van der Waals surface area contributed by atoms with E-state index in [1.807, 2.05) is 78.9 Å². The van der Waals surface area contributed by atoms with Crippen LogP contribution in [0.2, 0.25) is 0 Å². The zero-order valence-corrected chi connectivity index (χ0v) is 28.2. The molecule has 4 nitrogen and oxygen atoms in total. The van der Waals surface area contributed by atoms with Gasteiger partial charge in [0.15, 0.2) is 17.5 Å². The minimum atomic E-state index is 0.343. The normalized spacial score (nSPS) is 21.5. The second-order valence-corrected chi connectivity index (χ2v) is 14.5. The van der Waals surface area contributed by atoms with Gasteiger partial charge in [0, 0.05) is 16.7 Å². The number of nitrogens with zero attached hydrogens (tertiary/aromatic N) is 4. The molecule has 5 aromatic carbocycles. The highest BCUT2D eigenvalue weighted by Crippen LogP contribution is 2.54. The minimum Gasteiger partial charge on any atom is -0.208 e. The molecule has 6 aromatic rings. The van der Waals surface area contributed by atoms with Crippen molar-refractivity contribution >= 4 is 0 Å². The van der Waals surface area contributed by atoms with Crippen molar-refractivity contribution in [3.63, 3.8) is 0 Å². The quantitative estimate of drug-likeness (QED) is 0.182. The van der Waals surface area contributed by atoms with Crippen molar-refractivity contribution in [2.24, 2.45) is 17.8 Å². The van der Waals surface area contributed by atoms with Gasteiger partial charge in [-0.15, -0.1) is 0 Å². The minimum absolute atomic E-state index is 0.343. The standard InChI is InChI=1S/C45H40N4/c1-30-23-32-24-31(2)27-45(26-30,28-32)40-20-17-34(18-21-40)33-13-15-35(16-14-33)41-22-19-38(25-39(41)29-46)44-48-42(36-9-5-3-6-10-36)47-43(49-44)37-11-7-4-8-12-37/h3-22,25,30-32H,23-24,26-28H2,1-2H3/t30-,31+,32-,45?. The average molecular weight is 637 g/mol. The Bertz CT molecular complexity index is 2050. The summed E-state index contributed by atoms with van der Waals surface area (Å²) in [6.45, 7) is 4.91. The molecule has 1 heterocycles. The molecule has 240 valence electrons. The molecule has 2 aliphatic rings. The van der Waals surface area contributed by atoms with Gasteiger partial charge < -0.3 is 0 Å². The van der Waals surface area contributed by atoms with Crippen LogP contribution in [0.4, 0.5) is 0 Å². The van der Waals surface area contributed by atoms with Gasteiger partial charge in [0.05, 0.1) is 11.6 Å². The predicted octanol–water partition coefficient (Wildman–Crippen LogP) is 11.2. The summed E-state index contributed by atoms with van der Waals surface area (Å²) in [5, 5.41) is 10.3. The highest BCUT2D eigenvalue weighted by atomic mass is 15.0. The summed E-state index contributed by atoms with van der Waals surface area (Å²) < 4.78 is 0. The third-order valence-corrected chi connectivity index (χ3v) is 10.8. The van der Waals surface area contributed by atoms with Crippen LogP contribution in [0.5, 0.6) is 0 Å². The maximum atomic E-state index is 10.3. The highest BCUT2D eigenvalue weighted by Gasteiger charge is 2.45. The smallest absolute Gasteiger partial charge is 0.164 e. The van der Waals surface area contributed by atoms with E-state index >= 15 is 0 Å². The van der Waals surface area contributed by atoms with Crippen molar-refractivity contribution in [3.05, 3.63) is 139 Å². The number of aromatic nitrogens is 3. The van der Waals surface area contributed by atoms with Gasteiger partial charge in [-0.1, -0.05) is 135 Å². The van der Waals surface area contributed by atoms with E-state index in [0.717, 1.165) is 45.6 Å². The Morgan fingerprint density at radius 1 is 0.531 bits per heavy atom. The number of hydrogen-bond acceptors (Lipinski definition) is 4. The summed E-state index contributed by atoms with van der Waals surface area (Å²) in [6.07, 6.45) is 6.78. The molecular weight excluding hydrogens is 597 g/mol. The van der Waals surface area contributed by atoms with Crippen LogP contribution in [0.25, 0.3) is 56.4 Å². The van der Waals surface area contributed by atoms with Crippen LogP contribution in [0.3, 0.4) is 0 Å². The molecule has 0 N–H and O–H groups in total. The zero-order valence-electron chi connectivity index (χ0n) is 28.2. The molecular formula is C45H40N4. The Morgan fingerprint density at radius 3 is 1.53 bits per heavy atom. The Kier molecular flexibility index (Phi) is 8.14. The maximum absolute atomic E-state index is 10.3. The number of hydrogen-bond donors (Lipinski definition) is 0. The molecule has 2 aliphatic carbocycles. The molecule has 49 heavy (non-hydrogen) atoms. The van der Waals surface area contributed by atoms with Crippen LogP contribution in [-0.4, -0.2) is 15.0 Å². The average Bonchev–Trinajstić information content (AvgIpc) is 3.14. The molecule has 0 radical (unpaired) electrons. The summed E-state index contributed by atoms with van der Waals surface area (Å²) in [4.78, 5) is 14.5. The van der Waals surface area contributed by atoms with Gasteiger partial charge in [-0.3, -0.25) is 0 Å². The summed E-state index contributed by atoms with van der Waals surface area (Å²) in [5.74, 6) is 4.23. The number of rotatable bonds is 6. The molecule has 2 fully saturated rings. The van der Waals surface area contributed by atoms with E-state index in [-0.39, 0.29) is 0 Å². The van der Waals surface area contributed by atoms with E-state index in [4.69, 9.17) is 15.0 Å².